The van der Waals surface area contributed by atoms with E-state index in [9.17, 15) is 17.6 Å². The van der Waals surface area contributed by atoms with E-state index in [1.165, 1.54) is 7.05 Å². The maximum Gasteiger partial charge on any atom is 0.335 e. The van der Waals surface area contributed by atoms with Gasteiger partial charge in [0.2, 0.25) is 5.03 Å². The molecule has 0 spiro atoms. The van der Waals surface area contributed by atoms with E-state index < -0.39 is 21.8 Å². The van der Waals surface area contributed by atoms with Crippen molar-refractivity contribution in [2.24, 2.45) is 7.05 Å². The third-order valence-corrected chi connectivity index (χ3v) is 4.70. The van der Waals surface area contributed by atoms with Gasteiger partial charge in [-0.3, -0.25) is 4.72 Å². The van der Waals surface area contributed by atoms with E-state index in [2.05, 4.69) is 26.2 Å². The summed E-state index contributed by atoms with van der Waals surface area (Å²) in [5.74, 6) is -2.33. The van der Waals surface area contributed by atoms with E-state index in [0.717, 1.165) is 22.9 Å². The van der Waals surface area contributed by atoms with Crippen LogP contribution in [-0.4, -0.2) is 34.5 Å². The molecule has 0 aliphatic heterocycles. The Hall–Kier alpha value is -2.01. The quantitative estimate of drug-likeness (QED) is 0.826. The summed E-state index contributed by atoms with van der Waals surface area (Å²) in [6, 6.07) is 2.82. The highest BCUT2D eigenvalue weighted by Gasteiger charge is 2.25. The number of carboxylic acids is 1. The summed E-state index contributed by atoms with van der Waals surface area (Å²) >= 11 is 2.93. The highest BCUT2D eigenvalue weighted by molar-refractivity contribution is 9.10. The smallest absolute Gasteiger partial charge is 0.335 e. The molecule has 0 radical (unpaired) electrons. The highest BCUT2D eigenvalue weighted by atomic mass is 79.9. The Labute approximate surface area is 126 Å². The molecule has 0 saturated heterocycles. The van der Waals surface area contributed by atoms with Gasteiger partial charge in [0.25, 0.3) is 10.0 Å². The Morgan fingerprint density at radius 1 is 1.48 bits per heavy atom. The molecule has 0 aliphatic carbocycles. The van der Waals surface area contributed by atoms with E-state index in [-0.39, 0.29) is 20.9 Å². The Balaban J connectivity index is 2.40. The van der Waals surface area contributed by atoms with Crippen LogP contribution in [0.2, 0.25) is 0 Å². The number of carboxylic acid groups (broad SMARTS) is 1. The third kappa shape index (κ3) is 3.03. The van der Waals surface area contributed by atoms with Crippen LogP contribution in [0, 0.1) is 5.82 Å². The number of anilines is 1. The summed E-state index contributed by atoms with van der Waals surface area (Å²) in [6.07, 6.45) is 0. The Morgan fingerprint density at radius 2 is 2.14 bits per heavy atom. The van der Waals surface area contributed by atoms with Gasteiger partial charge in [-0.1, -0.05) is 5.21 Å². The average molecular weight is 379 g/mol. The molecule has 0 atom stereocenters. The van der Waals surface area contributed by atoms with Crippen LogP contribution in [0.3, 0.4) is 0 Å². The number of benzene rings is 1. The van der Waals surface area contributed by atoms with Gasteiger partial charge in [0, 0.05) is 7.05 Å². The molecule has 2 aromatic rings. The number of rotatable bonds is 4. The highest BCUT2D eigenvalue weighted by Crippen LogP contribution is 2.23. The van der Waals surface area contributed by atoms with Crippen molar-refractivity contribution in [3.8, 4) is 0 Å². The molecule has 0 amide bonds. The third-order valence-electron chi connectivity index (χ3n) is 2.45. The molecule has 1 aromatic carbocycles. The summed E-state index contributed by atoms with van der Waals surface area (Å²) in [7, 11) is -2.78. The van der Waals surface area contributed by atoms with Crippen LogP contribution in [0.15, 0.2) is 27.8 Å². The first kappa shape index (κ1) is 15.4. The van der Waals surface area contributed by atoms with Gasteiger partial charge in [-0.25, -0.2) is 13.9 Å². The van der Waals surface area contributed by atoms with Crippen molar-refractivity contribution in [2.45, 2.75) is 5.03 Å². The summed E-state index contributed by atoms with van der Waals surface area (Å²) in [5, 5.41) is 15.5. The molecule has 0 unspecified atom stereocenters. The zero-order valence-electron chi connectivity index (χ0n) is 10.4. The number of halogens is 2. The van der Waals surface area contributed by atoms with Gasteiger partial charge in [0.1, 0.15) is 5.82 Å². The van der Waals surface area contributed by atoms with Gasteiger partial charge in [0.15, 0.2) is 4.60 Å². The van der Waals surface area contributed by atoms with Crippen molar-refractivity contribution in [1.29, 1.82) is 0 Å². The molecule has 0 aliphatic rings. The number of nitrogens with zero attached hydrogens (tertiary/aromatic N) is 3. The normalized spacial score (nSPS) is 11.4. The lowest BCUT2D eigenvalue weighted by molar-refractivity contribution is 0.0696. The molecule has 2 rings (SSSR count). The molecule has 1 aromatic heterocycles. The van der Waals surface area contributed by atoms with Crippen molar-refractivity contribution >= 4 is 37.6 Å². The Kier molecular flexibility index (Phi) is 3.96. The van der Waals surface area contributed by atoms with E-state index >= 15 is 0 Å². The topological polar surface area (TPSA) is 114 Å². The molecule has 2 N–H and O–H groups in total. The first-order chi connectivity index (χ1) is 9.72. The fourth-order valence-electron chi connectivity index (χ4n) is 1.53. The number of nitrogens with one attached hydrogen (secondary N) is 1. The van der Waals surface area contributed by atoms with Gasteiger partial charge in [0.05, 0.1) is 11.3 Å². The molecule has 0 saturated carbocycles. The van der Waals surface area contributed by atoms with Crippen molar-refractivity contribution < 1.29 is 22.7 Å². The van der Waals surface area contributed by atoms with E-state index in [1.807, 2.05) is 4.72 Å². The van der Waals surface area contributed by atoms with Crippen LogP contribution in [-0.2, 0) is 17.1 Å². The monoisotopic (exact) mass is 378 g/mol. The number of aryl methyl sites for hydroxylation is 1. The summed E-state index contributed by atoms with van der Waals surface area (Å²) < 4.78 is 41.0. The lowest BCUT2D eigenvalue weighted by atomic mass is 10.2. The molecule has 1 heterocycles. The molecule has 8 nitrogen and oxygen atoms in total. The van der Waals surface area contributed by atoms with Crippen molar-refractivity contribution in [3.63, 3.8) is 0 Å². The maximum absolute atomic E-state index is 13.7. The Morgan fingerprint density at radius 3 is 2.62 bits per heavy atom. The number of hydrogen-bond donors (Lipinski definition) is 2. The van der Waals surface area contributed by atoms with Crippen molar-refractivity contribution in [1.82, 2.24) is 15.0 Å². The van der Waals surface area contributed by atoms with Crippen LogP contribution in [0.25, 0.3) is 0 Å². The number of carbonyl (C=O) groups is 1. The van der Waals surface area contributed by atoms with Crippen LogP contribution >= 0.6 is 15.9 Å². The zero-order valence-corrected chi connectivity index (χ0v) is 12.8. The minimum absolute atomic E-state index is 0.0277. The second kappa shape index (κ2) is 5.41. The second-order valence-corrected chi connectivity index (χ2v) is 6.26. The van der Waals surface area contributed by atoms with Gasteiger partial charge in [-0.15, -0.1) is 5.10 Å². The zero-order chi connectivity index (χ0) is 15.8. The first-order valence-corrected chi connectivity index (χ1v) is 7.61. The lowest BCUT2D eigenvalue weighted by Gasteiger charge is -2.09. The summed E-state index contributed by atoms with van der Waals surface area (Å²) in [4.78, 5) is 10.7. The standard InChI is InChI=1S/C10H8BrFN4O4S/c1-16-9(8(11)13-15-16)21(19,20)14-7-3-2-5(10(17)18)4-6(7)12/h2-4,14H,1H3,(H,17,18). The maximum atomic E-state index is 13.7. The van der Waals surface area contributed by atoms with Gasteiger partial charge in [-0.2, -0.15) is 8.42 Å². The molecular weight excluding hydrogens is 371 g/mol. The minimum atomic E-state index is -4.13. The lowest BCUT2D eigenvalue weighted by Crippen LogP contribution is -2.18. The SMILES string of the molecule is Cn1nnc(Br)c1S(=O)(=O)Nc1ccc(C(=O)O)cc1F. The first-order valence-electron chi connectivity index (χ1n) is 5.33. The number of sulfonamides is 1. The fraction of sp³-hybridized carbons (Fsp3) is 0.100. The molecular formula is C10H8BrFN4O4S. The summed E-state index contributed by atoms with van der Waals surface area (Å²) in [6.45, 7) is 0. The van der Waals surface area contributed by atoms with Crippen molar-refractivity contribution in [3.05, 3.63) is 34.2 Å². The molecule has 21 heavy (non-hydrogen) atoms. The Bertz CT molecular complexity index is 801. The predicted molar refractivity (Wildman–Crippen MR) is 72.9 cm³/mol. The average Bonchev–Trinajstić information content (AvgIpc) is 2.71. The van der Waals surface area contributed by atoms with Crippen LogP contribution < -0.4 is 4.72 Å². The molecule has 112 valence electrons. The second-order valence-electron chi connectivity index (χ2n) is 3.91. The molecule has 0 bridgehead atoms. The summed E-state index contributed by atoms with van der Waals surface area (Å²) in [5.41, 5.74) is -0.674. The van der Waals surface area contributed by atoms with Gasteiger partial charge in [-0.05, 0) is 34.1 Å². The minimum Gasteiger partial charge on any atom is -0.478 e. The predicted octanol–water partition coefficient (Wildman–Crippen LogP) is 1.22. The van der Waals surface area contributed by atoms with Crippen LogP contribution in [0.4, 0.5) is 10.1 Å². The van der Waals surface area contributed by atoms with Crippen LogP contribution in [0.5, 0.6) is 0 Å². The van der Waals surface area contributed by atoms with Crippen molar-refractivity contribution in [2.75, 3.05) is 4.72 Å². The van der Waals surface area contributed by atoms with E-state index in [1.54, 1.807) is 0 Å². The number of hydrogen-bond acceptors (Lipinski definition) is 5. The van der Waals surface area contributed by atoms with E-state index in [0.29, 0.717) is 0 Å². The molecule has 0 fully saturated rings. The number of aromatic carboxylic acids is 1. The van der Waals surface area contributed by atoms with E-state index in [4.69, 9.17) is 5.11 Å². The fourth-order valence-corrected chi connectivity index (χ4v) is 3.70. The van der Waals surface area contributed by atoms with Gasteiger partial charge < -0.3 is 5.11 Å². The van der Waals surface area contributed by atoms with Gasteiger partial charge >= 0.3 is 5.97 Å². The molecule has 11 heteroatoms. The number of aromatic nitrogens is 3. The van der Waals surface area contributed by atoms with Crippen LogP contribution in [0.1, 0.15) is 10.4 Å². The largest absolute Gasteiger partial charge is 0.478 e.